The summed E-state index contributed by atoms with van der Waals surface area (Å²) in [7, 11) is 0. The molecule has 0 bridgehead atoms. The minimum Gasteiger partial charge on any atom is -0.466 e. The van der Waals surface area contributed by atoms with Gasteiger partial charge in [-0.15, -0.1) is 0 Å². The highest BCUT2D eigenvalue weighted by Gasteiger charge is 2.00. The van der Waals surface area contributed by atoms with Gasteiger partial charge in [0.05, 0.1) is 9.30 Å². The van der Waals surface area contributed by atoms with Crippen molar-refractivity contribution >= 4 is 5.97 Å². The molecule has 0 aliphatic carbocycles. The molecule has 0 heterocycles. The van der Waals surface area contributed by atoms with Gasteiger partial charge in [0.1, 0.15) is 0 Å². The lowest BCUT2D eigenvalue weighted by molar-refractivity contribution is -0.143. The topological polar surface area (TPSA) is 26.3 Å². The molecular weight excluding hydrogens is 272 g/mol. The number of hydrogen-bond acceptors (Lipinski definition) is 2. The normalized spacial score (nSPS) is 13.5. The van der Waals surface area contributed by atoms with Crippen molar-refractivity contribution in [2.75, 3.05) is 6.56 Å². The summed E-state index contributed by atoms with van der Waals surface area (Å²) in [6, 6.07) is 0. The van der Waals surface area contributed by atoms with Crippen LogP contribution in [0.4, 0.5) is 0 Å². The monoisotopic (exact) mass is 310 g/mol. The summed E-state index contributed by atoms with van der Waals surface area (Å²) in [6.07, 6.45) is 21.9. The zero-order chi connectivity index (χ0) is 18.1. The molecule has 0 spiro atoms. The number of carbonyl (C=O) groups is 1. The molecule has 0 saturated heterocycles. The van der Waals surface area contributed by atoms with Crippen molar-refractivity contribution in [2.24, 2.45) is 0 Å². The van der Waals surface area contributed by atoms with Gasteiger partial charge in [0.15, 0.2) is 0 Å². The van der Waals surface area contributed by atoms with Crippen LogP contribution in [0.1, 0.15) is 93.6 Å². The first kappa shape index (κ1) is 17.3. The Morgan fingerprint density at radius 3 is 2.09 bits per heavy atom. The minimum atomic E-state index is -1.85. The molecule has 0 aliphatic rings. The SMILES string of the molecule is [2H]C([2H])(C)OC(=O)CCCCCCC/C=C\C/C=C\CCCCC. The zero-order valence-corrected chi connectivity index (χ0v) is 14.6. The average Bonchev–Trinajstić information content (AvgIpc) is 2.49. The second kappa shape index (κ2) is 18.0. The van der Waals surface area contributed by atoms with Crippen LogP contribution >= 0.6 is 0 Å². The van der Waals surface area contributed by atoms with Crippen molar-refractivity contribution < 1.29 is 12.3 Å². The number of carbonyl (C=O) groups excluding carboxylic acids is 1. The van der Waals surface area contributed by atoms with Gasteiger partial charge in [-0.25, -0.2) is 0 Å². The van der Waals surface area contributed by atoms with Gasteiger partial charge in [-0.3, -0.25) is 4.79 Å². The zero-order valence-electron chi connectivity index (χ0n) is 16.6. The quantitative estimate of drug-likeness (QED) is 0.200. The molecule has 0 aromatic heterocycles. The first-order chi connectivity index (χ1) is 11.5. The Morgan fingerprint density at radius 1 is 0.864 bits per heavy atom. The predicted octanol–water partition coefficient (Wildman–Crippen LogP) is 6.36. The molecule has 0 aromatic carbocycles. The largest absolute Gasteiger partial charge is 0.466 e. The van der Waals surface area contributed by atoms with E-state index in [-0.39, 0.29) is 0 Å². The van der Waals surface area contributed by atoms with E-state index in [0.29, 0.717) is 6.42 Å². The maximum atomic E-state index is 11.3. The molecule has 2 nitrogen and oxygen atoms in total. The molecule has 22 heavy (non-hydrogen) atoms. The van der Waals surface area contributed by atoms with E-state index in [9.17, 15) is 4.79 Å². The number of allylic oxidation sites excluding steroid dienone is 4. The summed E-state index contributed by atoms with van der Waals surface area (Å²) in [5, 5.41) is 0. The molecule has 0 aromatic rings. The Kier molecular flexibility index (Phi) is 14.2. The van der Waals surface area contributed by atoms with Crippen molar-refractivity contribution in [3.8, 4) is 0 Å². The highest BCUT2D eigenvalue weighted by atomic mass is 16.5. The number of ether oxygens (including phenoxy) is 1. The molecule has 0 atom stereocenters. The lowest BCUT2D eigenvalue weighted by Gasteiger charge is -2.01. The fourth-order valence-electron chi connectivity index (χ4n) is 2.25. The van der Waals surface area contributed by atoms with Crippen molar-refractivity contribution in [1.82, 2.24) is 0 Å². The van der Waals surface area contributed by atoms with Crippen molar-refractivity contribution in [1.29, 1.82) is 0 Å². The molecule has 0 radical (unpaired) electrons. The molecule has 0 amide bonds. The van der Waals surface area contributed by atoms with E-state index in [4.69, 9.17) is 2.74 Å². The fraction of sp³-hybridized carbons (Fsp3) is 0.750. The number of hydrogen-bond donors (Lipinski definition) is 0. The lowest BCUT2D eigenvalue weighted by atomic mass is 10.1. The van der Waals surface area contributed by atoms with Gasteiger partial charge in [-0.1, -0.05) is 63.3 Å². The van der Waals surface area contributed by atoms with Gasteiger partial charge in [-0.2, -0.15) is 0 Å². The number of rotatable bonds is 15. The summed E-state index contributed by atoms with van der Waals surface area (Å²) in [5.74, 6) is -0.437. The van der Waals surface area contributed by atoms with Crippen molar-refractivity contribution in [3.05, 3.63) is 24.3 Å². The Bertz CT molecular complexity index is 357. The summed E-state index contributed by atoms with van der Waals surface area (Å²) < 4.78 is 19.0. The first-order valence-corrected chi connectivity index (χ1v) is 8.97. The third-order valence-electron chi connectivity index (χ3n) is 3.55. The second-order valence-corrected chi connectivity index (χ2v) is 5.66. The van der Waals surface area contributed by atoms with Crippen molar-refractivity contribution in [2.45, 2.75) is 90.9 Å². The maximum absolute atomic E-state index is 11.3. The van der Waals surface area contributed by atoms with Crippen LogP contribution in [-0.2, 0) is 9.53 Å². The standard InChI is InChI=1S/C20H36O2/c1-3-5-6-7-8-9-10-11-12-13-14-15-16-17-18-19-20(21)22-4-2/h8-9,11-12H,3-7,10,13-19H2,1-2H3/b9-8-,12-11-/i4D2. The second-order valence-electron chi connectivity index (χ2n) is 5.66. The van der Waals surface area contributed by atoms with E-state index < -0.39 is 12.5 Å². The first-order valence-electron chi connectivity index (χ1n) is 9.97. The Labute approximate surface area is 140 Å². The van der Waals surface area contributed by atoms with Crippen LogP contribution < -0.4 is 0 Å². The Morgan fingerprint density at radius 2 is 1.45 bits per heavy atom. The fourth-order valence-corrected chi connectivity index (χ4v) is 2.25. The average molecular weight is 311 g/mol. The number of unbranched alkanes of at least 4 members (excludes halogenated alkanes) is 8. The Hall–Kier alpha value is -1.05. The molecule has 128 valence electrons. The molecule has 0 fully saturated rings. The van der Waals surface area contributed by atoms with E-state index in [2.05, 4.69) is 36.0 Å². The summed E-state index contributed by atoms with van der Waals surface area (Å²) in [5.41, 5.74) is 0. The lowest BCUT2D eigenvalue weighted by Crippen LogP contribution is -2.03. The summed E-state index contributed by atoms with van der Waals surface area (Å²) in [4.78, 5) is 11.3. The van der Waals surface area contributed by atoms with E-state index in [0.717, 1.165) is 32.1 Å². The number of esters is 1. The smallest absolute Gasteiger partial charge is 0.305 e. The molecule has 0 saturated carbocycles. The molecule has 0 N–H and O–H groups in total. The highest BCUT2D eigenvalue weighted by Crippen LogP contribution is 2.08. The molecular formula is C20H36O2. The maximum Gasteiger partial charge on any atom is 0.305 e. The highest BCUT2D eigenvalue weighted by molar-refractivity contribution is 5.69. The third kappa shape index (κ3) is 17.0. The van der Waals surface area contributed by atoms with E-state index in [1.807, 2.05) is 0 Å². The van der Waals surface area contributed by atoms with Crippen molar-refractivity contribution in [3.63, 3.8) is 0 Å². The van der Waals surface area contributed by atoms with E-state index in [1.165, 1.54) is 45.4 Å². The van der Waals surface area contributed by atoms with Gasteiger partial charge in [-0.05, 0) is 45.4 Å². The van der Waals surface area contributed by atoms with Gasteiger partial charge in [0.25, 0.3) is 0 Å². The summed E-state index contributed by atoms with van der Waals surface area (Å²) >= 11 is 0. The Balaban J connectivity index is 3.33. The van der Waals surface area contributed by atoms with Crippen LogP contribution in [0.25, 0.3) is 0 Å². The molecule has 0 rings (SSSR count). The van der Waals surface area contributed by atoms with Gasteiger partial charge < -0.3 is 4.74 Å². The third-order valence-corrected chi connectivity index (χ3v) is 3.55. The predicted molar refractivity (Wildman–Crippen MR) is 96.0 cm³/mol. The molecule has 0 aliphatic heterocycles. The van der Waals surface area contributed by atoms with Crippen LogP contribution in [0.2, 0.25) is 0 Å². The van der Waals surface area contributed by atoms with E-state index in [1.54, 1.807) is 0 Å². The molecule has 0 unspecified atom stereocenters. The van der Waals surface area contributed by atoms with Gasteiger partial charge >= 0.3 is 5.97 Å². The van der Waals surface area contributed by atoms with Crippen LogP contribution in [0.15, 0.2) is 24.3 Å². The van der Waals surface area contributed by atoms with Crippen LogP contribution in [0.5, 0.6) is 0 Å². The van der Waals surface area contributed by atoms with Gasteiger partial charge in [0.2, 0.25) is 0 Å². The van der Waals surface area contributed by atoms with Crippen LogP contribution in [-0.4, -0.2) is 12.5 Å². The van der Waals surface area contributed by atoms with E-state index >= 15 is 0 Å². The van der Waals surface area contributed by atoms with Crippen LogP contribution in [0, 0.1) is 0 Å². The van der Waals surface area contributed by atoms with Gasteiger partial charge in [0, 0.05) is 6.42 Å². The molecule has 2 heteroatoms. The summed E-state index contributed by atoms with van der Waals surface area (Å²) in [6.45, 7) is 1.63. The van der Waals surface area contributed by atoms with Crippen LogP contribution in [0.3, 0.4) is 0 Å². The minimum absolute atomic E-state index is 0.317.